The molecule has 0 atom stereocenters. The van der Waals surface area contributed by atoms with Gasteiger partial charge in [-0.2, -0.15) is 0 Å². The van der Waals surface area contributed by atoms with Crippen molar-refractivity contribution < 1.29 is 9.90 Å². The number of phenolic OH excluding ortho intramolecular Hbond substituents is 1. The maximum Gasteiger partial charge on any atom is 0.221 e. The molecule has 4 heteroatoms. The molecule has 0 spiro atoms. The van der Waals surface area contributed by atoms with Gasteiger partial charge in [0, 0.05) is 24.8 Å². The molecule has 0 aliphatic rings. The number of aromatic hydroxyl groups is 1. The molecule has 0 fully saturated rings. The Hall–Kier alpha value is -2.49. The maximum atomic E-state index is 11.1. The van der Waals surface area contributed by atoms with E-state index >= 15 is 0 Å². The topological polar surface area (TPSA) is 61.4 Å². The number of hydrogen-bond donors (Lipinski definition) is 3. The zero-order valence-electron chi connectivity index (χ0n) is 17.5. The zero-order chi connectivity index (χ0) is 20.4. The Morgan fingerprint density at radius 2 is 1.33 bits per heavy atom. The second-order valence-electron chi connectivity index (χ2n) is 9.15. The van der Waals surface area contributed by atoms with Gasteiger partial charge in [0.15, 0.2) is 0 Å². The lowest BCUT2D eigenvalue weighted by Crippen LogP contribution is -2.18. The van der Waals surface area contributed by atoms with E-state index in [4.69, 9.17) is 0 Å². The van der Waals surface area contributed by atoms with Crippen LogP contribution >= 0.6 is 0 Å². The Morgan fingerprint density at radius 3 is 1.74 bits per heavy atom. The molecular weight excluding hydrogens is 336 g/mol. The van der Waals surface area contributed by atoms with Crippen molar-refractivity contribution in [1.82, 2.24) is 0 Å². The van der Waals surface area contributed by atoms with Crippen LogP contribution in [0.25, 0.3) is 0 Å². The summed E-state index contributed by atoms with van der Waals surface area (Å²) in [6.45, 7) is 14.9. The van der Waals surface area contributed by atoms with E-state index in [1.807, 2.05) is 24.3 Å². The first-order valence-corrected chi connectivity index (χ1v) is 9.36. The molecule has 2 aromatic rings. The van der Waals surface area contributed by atoms with Gasteiger partial charge in [-0.05, 0) is 63.9 Å². The van der Waals surface area contributed by atoms with Crippen molar-refractivity contribution in [1.29, 1.82) is 0 Å². The highest BCUT2D eigenvalue weighted by Gasteiger charge is 2.26. The Kier molecular flexibility index (Phi) is 5.88. The van der Waals surface area contributed by atoms with Crippen LogP contribution in [0.1, 0.15) is 65.2 Å². The van der Waals surface area contributed by atoms with E-state index in [1.165, 1.54) is 6.92 Å². The van der Waals surface area contributed by atoms with E-state index in [0.717, 1.165) is 28.1 Å². The van der Waals surface area contributed by atoms with Crippen LogP contribution in [-0.2, 0) is 22.2 Å². The Bertz CT molecular complexity index is 775. The molecule has 0 heterocycles. The van der Waals surface area contributed by atoms with Crippen LogP contribution in [-0.4, -0.2) is 11.0 Å². The Labute approximate surface area is 163 Å². The van der Waals surface area contributed by atoms with Crippen molar-refractivity contribution in [3.63, 3.8) is 0 Å². The van der Waals surface area contributed by atoms with E-state index in [1.54, 1.807) is 0 Å². The van der Waals surface area contributed by atoms with Gasteiger partial charge in [-0.15, -0.1) is 0 Å². The molecule has 0 saturated heterocycles. The summed E-state index contributed by atoms with van der Waals surface area (Å²) in [6, 6.07) is 11.8. The maximum absolute atomic E-state index is 11.1. The second kappa shape index (κ2) is 7.63. The van der Waals surface area contributed by atoms with Crippen LogP contribution in [0, 0.1) is 0 Å². The third-order valence-electron chi connectivity index (χ3n) is 4.49. The third-order valence-corrected chi connectivity index (χ3v) is 4.49. The molecule has 1 amide bonds. The summed E-state index contributed by atoms with van der Waals surface area (Å²) in [6.07, 6.45) is 0. The quantitative estimate of drug-likeness (QED) is 0.662. The fourth-order valence-corrected chi connectivity index (χ4v) is 3.02. The molecular formula is C23H32N2O2. The van der Waals surface area contributed by atoms with Crippen LogP contribution in [0.3, 0.4) is 0 Å². The predicted octanol–water partition coefficient (Wildman–Crippen LogP) is 5.56. The first-order chi connectivity index (χ1) is 12.4. The zero-order valence-corrected chi connectivity index (χ0v) is 17.5. The highest BCUT2D eigenvalue weighted by atomic mass is 16.3. The third kappa shape index (κ3) is 5.49. The van der Waals surface area contributed by atoms with Crippen LogP contribution in [0.15, 0.2) is 36.4 Å². The minimum atomic E-state index is -0.139. The summed E-state index contributed by atoms with van der Waals surface area (Å²) in [5, 5.41) is 17.0. The van der Waals surface area contributed by atoms with E-state index < -0.39 is 0 Å². The summed E-state index contributed by atoms with van der Waals surface area (Å²) in [5.74, 6) is 0.322. The van der Waals surface area contributed by atoms with E-state index in [2.05, 4.69) is 64.3 Å². The lowest BCUT2D eigenvalue weighted by Gasteiger charge is -2.28. The standard InChI is InChI=1S/C23H32N2O2/c1-15(26)25-18-10-8-17(9-11-18)24-14-16-12-19(22(2,3)4)21(27)20(13-16)23(5,6)7/h8-13,24,27H,14H2,1-7H3,(H,25,26). The molecule has 0 aromatic heterocycles. The number of benzene rings is 2. The molecule has 27 heavy (non-hydrogen) atoms. The average Bonchev–Trinajstić information content (AvgIpc) is 2.52. The lowest BCUT2D eigenvalue weighted by atomic mass is 9.78. The number of phenols is 1. The molecule has 0 unspecified atom stereocenters. The van der Waals surface area contributed by atoms with Crippen LogP contribution < -0.4 is 10.6 Å². The number of amides is 1. The van der Waals surface area contributed by atoms with Crippen molar-refractivity contribution in [3.05, 3.63) is 53.1 Å². The van der Waals surface area contributed by atoms with Crippen LogP contribution in [0.4, 0.5) is 11.4 Å². The smallest absolute Gasteiger partial charge is 0.221 e. The second-order valence-corrected chi connectivity index (χ2v) is 9.15. The summed E-state index contributed by atoms with van der Waals surface area (Å²) >= 11 is 0. The molecule has 0 radical (unpaired) electrons. The summed E-state index contributed by atoms with van der Waals surface area (Å²) in [5.41, 5.74) is 4.55. The van der Waals surface area contributed by atoms with Gasteiger partial charge in [0.2, 0.25) is 5.91 Å². The summed E-state index contributed by atoms with van der Waals surface area (Å²) in [4.78, 5) is 11.1. The molecule has 0 bridgehead atoms. The average molecular weight is 369 g/mol. The van der Waals surface area contributed by atoms with Gasteiger partial charge in [-0.1, -0.05) is 41.5 Å². The number of anilines is 2. The monoisotopic (exact) mass is 368 g/mol. The van der Waals surface area contributed by atoms with Crippen molar-refractivity contribution >= 4 is 17.3 Å². The van der Waals surface area contributed by atoms with E-state index in [-0.39, 0.29) is 16.7 Å². The molecule has 0 aliphatic heterocycles. The van der Waals surface area contributed by atoms with Gasteiger partial charge in [0.25, 0.3) is 0 Å². The van der Waals surface area contributed by atoms with Crippen molar-refractivity contribution in [2.75, 3.05) is 10.6 Å². The fraction of sp³-hybridized carbons (Fsp3) is 0.435. The SMILES string of the molecule is CC(=O)Nc1ccc(NCc2cc(C(C)(C)C)c(O)c(C(C)(C)C)c2)cc1. The predicted molar refractivity (Wildman–Crippen MR) is 114 cm³/mol. The van der Waals surface area contributed by atoms with Crippen LogP contribution in [0.5, 0.6) is 5.75 Å². The minimum absolute atomic E-state index is 0.0794. The molecule has 0 saturated carbocycles. The number of carbonyl (C=O) groups excluding carboxylic acids is 1. The molecule has 3 N–H and O–H groups in total. The van der Waals surface area contributed by atoms with Crippen molar-refractivity contribution in [2.24, 2.45) is 0 Å². The first-order valence-electron chi connectivity index (χ1n) is 9.36. The van der Waals surface area contributed by atoms with Crippen molar-refractivity contribution in [2.45, 2.75) is 65.8 Å². The summed E-state index contributed by atoms with van der Waals surface area (Å²) in [7, 11) is 0. The number of nitrogens with one attached hydrogen (secondary N) is 2. The van der Waals surface area contributed by atoms with Gasteiger partial charge in [0.05, 0.1) is 0 Å². The molecule has 0 aliphatic carbocycles. The van der Waals surface area contributed by atoms with Gasteiger partial charge in [-0.3, -0.25) is 4.79 Å². The minimum Gasteiger partial charge on any atom is -0.507 e. The fourth-order valence-electron chi connectivity index (χ4n) is 3.02. The molecule has 2 aromatic carbocycles. The number of carbonyl (C=O) groups is 1. The number of rotatable bonds is 4. The van der Waals surface area contributed by atoms with Gasteiger partial charge >= 0.3 is 0 Å². The highest BCUT2D eigenvalue weighted by Crippen LogP contribution is 2.39. The lowest BCUT2D eigenvalue weighted by molar-refractivity contribution is -0.114. The highest BCUT2D eigenvalue weighted by molar-refractivity contribution is 5.88. The van der Waals surface area contributed by atoms with Gasteiger partial charge < -0.3 is 15.7 Å². The van der Waals surface area contributed by atoms with E-state index in [9.17, 15) is 9.90 Å². The van der Waals surface area contributed by atoms with Crippen molar-refractivity contribution in [3.8, 4) is 5.75 Å². The Balaban J connectivity index is 2.27. The largest absolute Gasteiger partial charge is 0.507 e. The van der Waals surface area contributed by atoms with Gasteiger partial charge in [-0.25, -0.2) is 0 Å². The molecule has 2 rings (SSSR count). The number of hydrogen-bond acceptors (Lipinski definition) is 3. The summed E-state index contributed by atoms with van der Waals surface area (Å²) < 4.78 is 0. The van der Waals surface area contributed by atoms with Gasteiger partial charge in [0.1, 0.15) is 5.75 Å². The first kappa shape index (κ1) is 20.8. The van der Waals surface area contributed by atoms with Crippen LogP contribution in [0.2, 0.25) is 0 Å². The molecule has 146 valence electrons. The van der Waals surface area contributed by atoms with E-state index in [0.29, 0.717) is 12.3 Å². The molecule has 4 nitrogen and oxygen atoms in total. The Morgan fingerprint density at radius 1 is 0.889 bits per heavy atom. The normalized spacial score (nSPS) is 12.0.